The van der Waals surface area contributed by atoms with Crippen LogP contribution in [0.5, 0.6) is 11.5 Å². The third kappa shape index (κ3) is 3.93. The molecule has 0 radical (unpaired) electrons. The summed E-state index contributed by atoms with van der Waals surface area (Å²) in [6, 6.07) is 10.6. The highest BCUT2D eigenvalue weighted by atomic mass is 35.5. The fourth-order valence-electron chi connectivity index (χ4n) is 2.12. The van der Waals surface area contributed by atoms with Crippen molar-refractivity contribution in [3.8, 4) is 11.5 Å². The molecule has 2 aromatic carbocycles. The van der Waals surface area contributed by atoms with E-state index < -0.39 is 0 Å². The number of Topliss-reactive ketones (excluding diaryl/α,β-unsaturated/α-hetero) is 1. The van der Waals surface area contributed by atoms with E-state index in [0.717, 1.165) is 5.56 Å². The molecule has 0 aromatic heterocycles. The van der Waals surface area contributed by atoms with Crippen LogP contribution in [-0.4, -0.2) is 20.0 Å². The summed E-state index contributed by atoms with van der Waals surface area (Å²) in [5.74, 6) is 1.15. The molecule has 0 N–H and O–H groups in total. The summed E-state index contributed by atoms with van der Waals surface area (Å²) in [5, 5.41) is 0.997. The minimum atomic E-state index is -0.0122. The second-order valence-electron chi connectivity index (χ2n) is 4.74. The molecule has 0 aliphatic heterocycles. The Bertz CT molecular complexity index is 684. The predicted molar refractivity (Wildman–Crippen MR) is 88.7 cm³/mol. The zero-order valence-corrected chi connectivity index (χ0v) is 13.9. The number of carbonyl (C=O) groups is 1. The summed E-state index contributed by atoms with van der Waals surface area (Å²) in [4.78, 5) is 12.4. The van der Waals surface area contributed by atoms with Crippen LogP contribution in [0.1, 0.15) is 22.3 Å². The van der Waals surface area contributed by atoms with Crippen molar-refractivity contribution in [2.24, 2.45) is 0 Å². The van der Waals surface area contributed by atoms with E-state index in [1.807, 2.05) is 6.07 Å². The van der Waals surface area contributed by atoms with Crippen LogP contribution in [-0.2, 0) is 6.42 Å². The molecule has 0 spiro atoms. The first kappa shape index (κ1) is 16.7. The molecule has 0 fully saturated rings. The van der Waals surface area contributed by atoms with Crippen molar-refractivity contribution < 1.29 is 14.3 Å². The fourth-order valence-corrected chi connectivity index (χ4v) is 2.44. The van der Waals surface area contributed by atoms with Gasteiger partial charge in [-0.25, -0.2) is 0 Å². The Balaban J connectivity index is 2.13. The van der Waals surface area contributed by atoms with E-state index in [-0.39, 0.29) is 5.78 Å². The molecule has 0 saturated heterocycles. The molecule has 22 heavy (non-hydrogen) atoms. The zero-order valence-electron chi connectivity index (χ0n) is 12.4. The third-order valence-corrected chi connectivity index (χ3v) is 4.07. The molecule has 0 aliphatic carbocycles. The van der Waals surface area contributed by atoms with Gasteiger partial charge in [0, 0.05) is 6.42 Å². The zero-order chi connectivity index (χ0) is 16.1. The molecule has 2 rings (SSSR count). The van der Waals surface area contributed by atoms with Crippen molar-refractivity contribution >= 4 is 29.0 Å². The number of aryl methyl sites for hydroxylation is 1. The summed E-state index contributed by atoms with van der Waals surface area (Å²) >= 11 is 11.9. The van der Waals surface area contributed by atoms with Crippen molar-refractivity contribution in [1.82, 2.24) is 0 Å². The Morgan fingerprint density at radius 3 is 2.41 bits per heavy atom. The average Bonchev–Trinajstić information content (AvgIpc) is 2.55. The van der Waals surface area contributed by atoms with Crippen molar-refractivity contribution in [1.29, 1.82) is 0 Å². The summed E-state index contributed by atoms with van der Waals surface area (Å²) in [7, 11) is 3.10. The van der Waals surface area contributed by atoms with Gasteiger partial charge >= 0.3 is 0 Å². The maximum atomic E-state index is 12.4. The number of hydrogen-bond acceptors (Lipinski definition) is 3. The van der Waals surface area contributed by atoms with Crippen molar-refractivity contribution in [3.05, 3.63) is 57.6 Å². The smallest absolute Gasteiger partial charge is 0.167 e. The van der Waals surface area contributed by atoms with Gasteiger partial charge in [0.05, 0.1) is 29.8 Å². The summed E-state index contributed by atoms with van der Waals surface area (Å²) in [6.07, 6.45) is 0.928. The van der Waals surface area contributed by atoms with Crippen LogP contribution in [0.4, 0.5) is 0 Å². The van der Waals surface area contributed by atoms with Crippen LogP contribution >= 0.6 is 23.2 Å². The normalized spacial score (nSPS) is 10.4. The molecule has 0 aliphatic rings. The lowest BCUT2D eigenvalue weighted by molar-refractivity contribution is 0.0979. The largest absolute Gasteiger partial charge is 0.497 e. The lowest BCUT2D eigenvalue weighted by Crippen LogP contribution is -2.04. The van der Waals surface area contributed by atoms with Gasteiger partial charge in [-0.15, -0.1) is 0 Å². The van der Waals surface area contributed by atoms with Gasteiger partial charge in [-0.05, 0) is 42.3 Å². The number of benzene rings is 2. The van der Waals surface area contributed by atoms with E-state index >= 15 is 0 Å². The standard InChI is InChI=1S/C17H16Cl2O3/c1-21-12-5-8-17(22-2)13(10-12)16(20)7-4-11-3-6-14(18)15(19)9-11/h3,5-6,8-10H,4,7H2,1-2H3. The number of ether oxygens (including phenoxy) is 2. The van der Waals surface area contributed by atoms with Crippen LogP contribution in [0.25, 0.3) is 0 Å². The Morgan fingerprint density at radius 2 is 1.77 bits per heavy atom. The van der Waals surface area contributed by atoms with Gasteiger partial charge in [0.25, 0.3) is 0 Å². The number of hydrogen-bond donors (Lipinski definition) is 0. The Morgan fingerprint density at radius 1 is 1.00 bits per heavy atom. The van der Waals surface area contributed by atoms with Crippen molar-refractivity contribution in [3.63, 3.8) is 0 Å². The van der Waals surface area contributed by atoms with Gasteiger partial charge in [-0.1, -0.05) is 29.3 Å². The third-order valence-electron chi connectivity index (χ3n) is 3.33. The maximum absolute atomic E-state index is 12.4. The summed E-state index contributed by atoms with van der Waals surface area (Å²) in [5.41, 5.74) is 1.48. The summed E-state index contributed by atoms with van der Waals surface area (Å²) < 4.78 is 10.4. The highest BCUT2D eigenvalue weighted by Crippen LogP contribution is 2.27. The molecule has 0 bridgehead atoms. The molecule has 0 unspecified atom stereocenters. The lowest BCUT2D eigenvalue weighted by atomic mass is 10.0. The first-order valence-electron chi connectivity index (χ1n) is 6.74. The van der Waals surface area contributed by atoms with E-state index in [1.165, 1.54) is 7.11 Å². The van der Waals surface area contributed by atoms with Gasteiger partial charge in [0.15, 0.2) is 5.78 Å². The number of ketones is 1. The van der Waals surface area contributed by atoms with Gasteiger partial charge in [0.2, 0.25) is 0 Å². The van der Waals surface area contributed by atoms with Crippen LogP contribution < -0.4 is 9.47 Å². The second-order valence-corrected chi connectivity index (χ2v) is 5.55. The van der Waals surface area contributed by atoms with Crippen molar-refractivity contribution in [2.45, 2.75) is 12.8 Å². The predicted octanol–water partition coefficient (Wildman–Crippen LogP) is 4.83. The topological polar surface area (TPSA) is 35.5 Å². The molecule has 116 valence electrons. The molecule has 2 aromatic rings. The van der Waals surface area contributed by atoms with Crippen molar-refractivity contribution in [2.75, 3.05) is 14.2 Å². The molecule has 0 amide bonds. The first-order chi connectivity index (χ1) is 10.5. The minimum Gasteiger partial charge on any atom is -0.497 e. The van der Waals surface area contributed by atoms with Gasteiger partial charge in [0.1, 0.15) is 11.5 Å². The van der Waals surface area contributed by atoms with Crippen LogP contribution in [0.3, 0.4) is 0 Å². The van der Waals surface area contributed by atoms with Crippen LogP contribution in [0.2, 0.25) is 10.0 Å². The van der Waals surface area contributed by atoms with Crippen LogP contribution in [0.15, 0.2) is 36.4 Å². The molecule has 0 atom stereocenters. The Kier molecular flexibility index (Phi) is 5.69. The molecule has 3 nitrogen and oxygen atoms in total. The first-order valence-corrected chi connectivity index (χ1v) is 7.50. The Hall–Kier alpha value is -1.71. The van der Waals surface area contributed by atoms with E-state index in [2.05, 4.69) is 0 Å². The molecule has 5 heteroatoms. The SMILES string of the molecule is COc1ccc(OC)c(C(=O)CCc2ccc(Cl)c(Cl)c2)c1. The van der Waals surface area contributed by atoms with Gasteiger partial charge < -0.3 is 9.47 Å². The fraction of sp³-hybridized carbons (Fsp3) is 0.235. The highest BCUT2D eigenvalue weighted by Gasteiger charge is 2.14. The highest BCUT2D eigenvalue weighted by molar-refractivity contribution is 6.42. The maximum Gasteiger partial charge on any atom is 0.167 e. The quantitative estimate of drug-likeness (QED) is 0.708. The van der Waals surface area contributed by atoms with E-state index in [1.54, 1.807) is 37.4 Å². The Labute approximate surface area is 139 Å². The monoisotopic (exact) mass is 338 g/mol. The number of carbonyl (C=O) groups excluding carboxylic acids is 1. The number of methoxy groups -OCH3 is 2. The molecule has 0 saturated carbocycles. The molecule has 0 heterocycles. The average molecular weight is 339 g/mol. The lowest BCUT2D eigenvalue weighted by Gasteiger charge is -2.10. The van der Waals surface area contributed by atoms with E-state index in [4.69, 9.17) is 32.7 Å². The minimum absolute atomic E-state index is 0.0122. The number of rotatable bonds is 6. The molecular weight excluding hydrogens is 323 g/mol. The second kappa shape index (κ2) is 7.52. The molecular formula is C17H16Cl2O3. The number of halogens is 2. The van der Waals surface area contributed by atoms with E-state index in [0.29, 0.717) is 39.9 Å². The van der Waals surface area contributed by atoms with Gasteiger partial charge in [-0.3, -0.25) is 4.79 Å². The summed E-state index contributed by atoms with van der Waals surface area (Å²) in [6.45, 7) is 0. The van der Waals surface area contributed by atoms with Crippen LogP contribution in [0, 0.1) is 0 Å². The van der Waals surface area contributed by atoms with Gasteiger partial charge in [-0.2, -0.15) is 0 Å². The van der Waals surface area contributed by atoms with E-state index in [9.17, 15) is 4.79 Å².